The van der Waals surface area contributed by atoms with Gasteiger partial charge < -0.3 is 10.3 Å². The molecule has 2 aromatic carbocycles. The van der Waals surface area contributed by atoms with E-state index in [-0.39, 0.29) is 0 Å². The summed E-state index contributed by atoms with van der Waals surface area (Å²) in [5.74, 6) is 0.545. The summed E-state index contributed by atoms with van der Waals surface area (Å²) in [6.07, 6.45) is 3.37. The number of benzene rings is 2. The Balaban J connectivity index is 1.41. The van der Waals surface area contributed by atoms with Gasteiger partial charge >= 0.3 is 0 Å². The Kier molecular flexibility index (Phi) is 4.70. The van der Waals surface area contributed by atoms with E-state index in [1.165, 1.54) is 34.1 Å². The van der Waals surface area contributed by atoms with E-state index in [2.05, 4.69) is 70.0 Å². The highest BCUT2D eigenvalue weighted by Gasteiger charge is 2.37. The lowest BCUT2D eigenvalue weighted by Gasteiger charge is -2.37. The molecule has 0 saturated carbocycles. The molecule has 3 aromatic rings. The standard InChI is InChI=1S/C23H27N3O/c1-2-7-17(8-3-1)15-24-16-18-9-6-14-27-26-13-12-20-19-10-4-5-11-21(19)25-22(20)23(18)26/h1-5,7-8,10-11,18,23-25H,6,9,12-16H2/t18-,23-/m0/s1. The lowest BCUT2D eigenvalue weighted by molar-refractivity contribution is -0.192. The maximum Gasteiger partial charge on any atom is 0.0795 e. The third kappa shape index (κ3) is 3.29. The van der Waals surface area contributed by atoms with E-state index >= 15 is 0 Å². The summed E-state index contributed by atoms with van der Waals surface area (Å²) in [6, 6.07) is 19.7. The van der Waals surface area contributed by atoms with Crippen LogP contribution in [0.3, 0.4) is 0 Å². The van der Waals surface area contributed by atoms with Crippen molar-refractivity contribution in [1.29, 1.82) is 0 Å². The molecule has 0 unspecified atom stereocenters. The van der Waals surface area contributed by atoms with Crippen molar-refractivity contribution in [3.05, 3.63) is 71.4 Å². The second kappa shape index (κ2) is 7.47. The van der Waals surface area contributed by atoms with Crippen LogP contribution in [0.2, 0.25) is 0 Å². The van der Waals surface area contributed by atoms with E-state index in [9.17, 15) is 0 Å². The largest absolute Gasteiger partial charge is 0.357 e. The van der Waals surface area contributed by atoms with Crippen molar-refractivity contribution in [2.75, 3.05) is 19.7 Å². The SMILES string of the molecule is c1ccc(CNC[C@@H]2CCCON3CCc4c([nH]c5ccccc45)[C@H]23)cc1. The van der Waals surface area contributed by atoms with Gasteiger partial charge in [-0.05, 0) is 42.4 Å². The normalized spacial score (nSPS) is 23.0. The van der Waals surface area contributed by atoms with E-state index < -0.39 is 0 Å². The van der Waals surface area contributed by atoms with E-state index in [0.717, 1.165) is 39.1 Å². The van der Waals surface area contributed by atoms with E-state index in [4.69, 9.17) is 4.84 Å². The van der Waals surface area contributed by atoms with Crippen LogP contribution in [-0.2, 0) is 17.8 Å². The minimum atomic E-state index is 0.312. The number of hydrogen-bond acceptors (Lipinski definition) is 3. The van der Waals surface area contributed by atoms with Crippen LogP contribution in [0.5, 0.6) is 0 Å². The fourth-order valence-corrected chi connectivity index (χ4v) is 4.76. The summed E-state index contributed by atoms with van der Waals surface area (Å²) < 4.78 is 0. The van der Waals surface area contributed by atoms with Crippen LogP contribution in [0.15, 0.2) is 54.6 Å². The predicted octanol–water partition coefficient (Wildman–Crippen LogP) is 4.20. The molecule has 5 rings (SSSR count). The van der Waals surface area contributed by atoms with Gasteiger partial charge in [-0.15, -0.1) is 0 Å². The van der Waals surface area contributed by atoms with Gasteiger partial charge in [-0.25, -0.2) is 0 Å². The highest BCUT2D eigenvalue weighted by Crippen LogP contribution is 2.41. The van der Waals surface area contributed by atoms with Gasteiger partial charge in [0.2, 0.25) is 0 Å². The number of hydrogen-bond donors (Lipinski definition) is 2. The maximum absolute atomic E-state index is 6.14. The van der Waals surface area contributed by atoms with Gasteiger partial charge in [0, 0.05) is 36.2 Å². The number of fused-ring (bicyclic) bond motifs is 5. The number of hydroxylamine groups is 2. The molecule has 0 spiro atoms. The fourth-order valence-electron chi connectivity index (χ4n) is 4.76. The van der Waals surface area contributed by atoms with Gasteiger partial charge in [-0.2, -0.15) is 5.06 Å². The Hall–Kier alpha value is -2.14. The summed E-state index contributed by atoms with van der Waals surface area (Å²) in [6.45, 7) is 3.74. The van der Waals surface area contributed by atoms with Crippen molar-refractivity contribution in [2.45, 2.75) is 31.8 Å². The van der Waals surface area contributed by atoms with Gasteiger partial charge in [0.1, 0.15) is 0 Å². The highest BCUT2D eigenvalue weighted by atomic mass is 16.7. The second-order valence-corrected chi connectivity index (χ2v) is 7.75. The maximum atomic E-state index is 6.14. The molecule has 1 aromatic heterocycles. The molecule has 3 heterocycles. The van der Waals surface area contributed by atoms with Crippen LogP contribution >= 0.6 is 0 Å². The molecule has 2 atom stereocenters. The van der Waals surface area contributed by atoms with E-state index in [0.29, 0.717) is 12.0 Å². The first kappa shape index (κ1) is 17.0. The Morgan fingerprint density at radius 2 is 1.93 bits per heavy atom. The Morgan fingerprint density at radius 1 is 1.07 bits per heavy atom. The molecule has 4 heteroatoms. The third-order valence-electron chi connectivity index (χ3n) is 6.04. The first-order chi connectivity index (χ1) is 13.4. The molecule has 0 radical (unpaired) electrons. The molecule has 2 aliphatic rings. The van der Waals surface area contributed by atoms with Gasteiger partial charge in [0.15, 0.2) is 0 Å². The van der Waals surface area contributed by atoms with Crippen molar-refractivity contribution in [2.24, 2.45) is 5.92 Å². The van der Waals surface area contributed by atoms with E-state index in [1.54, 1.807) is 0 Å². The van der Waals surface area contributed by atoms with Crippen LogP contribution in [0.25, 0.3) is 10.9 Å². The van der Waals surface area contributed by atoms with Crippen LogP contribution in [0.4, 0.5) is 0 Å². The summed E-state index contributed by atoms with van der Waals surface area (Å²) in [4.78, 5) is 9.87. The first-order valence-corrected chi connectivity index (χ1v) is 10.1. The highest BCUT2D eigenvalue weighted by molar-refractivity contribution is 5.85. The van der Waals surface area contributed by atoms with Crippen molar-refractivity contribution in [3.8, 4) is 0 Å². The Bertz CT molecular complexity index is 904. The van der Waals surface area contributed by atoms with Crippen molar-refractivity contribution in [3.63, 3.8) is 0 Å². The molecule has 2 aliphatic heterocycles. The van der Waals surface area contributed by atoms with Crippen LogP contribution in [0, 0.1) is 5.92 Å². The van der Waals surface area contributed by atoms with Gasteiger partial charge in [-0.1, -0.05) is 48.5 Å². The third-order valence-corrected chi connectivity index (χ3v) is 6.04. The Morgan fingerprint density at radius 3 is 2.85 bits per heavy atom. The van der Waals surface area contributed by atoms with Crippen LogP contribution in [0.1, 0.15) is 35.7 Å². The molecule has 27 heavy (non-hydrogen) atoms. The topological polar surface area (TPSA) is 40.3 Å². The number of nitrogens with zero attached hydrogens (tertiary/aromatic N) is 1. The number of para-hydroxylation sites is 1. The lowest BCUT2D eigenvalue weighted by Crippen LogP contribution is -2.40. The molecule has 4 nitrogen and oxygen atoms in total. The fraction of sp³-hybridized carbons (Fsp3) is 0.391. The predicted molar refractivity (Wildman–Crippen MR) is 108 cm³/mol. The molecular formula is C23H27N3O. The molecule has 1 fully saturated rings. The number of aromatic amines is 1. The summed E-state index contributed by atoms with van der Waals surface area (Å²) in [5, 5.41) is 7.33. The number of H-pyrrole nitrogens is 1. The quantitative estimate of drug-likeness (QED) is 0.732. The van der Waals surface area contributed by atoms with Crippen LogP contribution in [-0.4, -0.2) is 29.7 Å². The molecule has 1 saturated heterocycles. The molecular weight excluding hydrogens is 334 g/mol. The number of aromatic nitrogens is 1. The van der Waals surface area contributed by atoms with Gasteiger partial charge in [0.25, 0.3) is 0 Å². The zero-order valence-electron chi connectivity index (χ0n) is 15.7. The zero-order chi connectivity index (χ0) is 18.1. The first-order valence-electron chi connectivity index (χ1n) is 10.1. The molecule has 2 N–H and O–H groups in total. The average molecular weight is 361 g/mol. The van der Waals surface area contributed by atoms with Crippen molar-refractivity contribution < 1.29 is 4.84 Å². The van der Waals surface area contributed by atoms with Gasteiger partial charge in [-0.3, -0.25) is 4.84 Å². The number of rotatable bonds is 4. The summed E-state index contributed by atoms with van der Waals surface area (Å²) in [7, 11) is 0. The lowest BCUT2D eigenvalue weighted by atomic mass is 9.87. The number of nitrogens with one attached hydrogen (secondary N) is 2. The summed E-state index contributed by atoms with van der Waals surface area (Å²) >= 11 is 0. The van der Waals surface area contributed by atoms with Crippen molar-refractivity contribution in [1.82, 2.24) is 15.4 Å². The molecule has 140 valence electrons. The Labute approximate surface area is 160 Å². The van der Waals surface area contributed by atoms with Crippen molar-refractivity contribution >= 4 is 10.9 Å². The minimum Gasteiger partial charge on any atom is -0.357 e. The van der Waals surface area contributed by atoms with Crippen LogP contribution < -0.4 is 5.32 Å². The molecule has 0 amide bonds. The van der Waals surface area contributed by atoms with Gasteiger partial charge in [0.05, 0.1) is 12.6 Å². The second-order valence-electron chi connectivity index (χ2n) is 7.75. The zero-order valence-corrected chi connectivity index (χ0v) is 15.7. The molecule has 0 bridgehead atoms. The summed E-state index contributed by atoms with van der Waals surface area (Å²) in [5.41, 5.74) is 5.46. The minimum absolute atomic E-state index is 0.312. The monoisotopic (exact) mass is 361 g/mol. The molecule has 0 aliphatic carbocycles. The smallest absolute Gasteiger partial charge is 0.0795 e. The average Bonchev–Trinajstić information content (AvgIpc) is 2.96. The van der Waals surface area contributed by atoms with E-state index in [1.807, 2.05) is 0 Å².